The molecule has 1 aromatic heterocycles. The van der Waals surface area contributed by atoms with Crippen molar-refractivity contribution in [2.75, 3.05) is 19.7 Å². The monoisotopic (exact) mass is 577 g/mol. The predicted octanol–water partition coefficient (Wildman–Crippen LogP) is 8.89. The fourth-order valence-corrected chi connectivity index (χ4v) is 6.80. The molecule has 2 heterocycles. The molecule has 230 valence electrons. The number of piperidine rings is 1. The number of fused-ring (bicyclic) bond motifs is 2. The molecule has 4 rings (SSSR count). The summed E-state index contributed by atoms with van der Waals surface area (Å²) in [5.74, 6) is 3.72. The average molecular weight is 578 g/mol. The number of thioether (sulfide) groups is 1. The second kappa shape index (κ2) is 21.0. The van der Waals surface area contributed by atoms with Crippen molar-refractivity contribution in [3.05, 3.63) is 29.4 Å². The number of carbonyl (C=O) groups is 1. The summed E-state index contributed by atoms with van der Waals surface area (Å²) in [5.41, 5.74) is 0. The number of amides is 1. The maximum atomic E-state index is 13.3. The number of rotatable bonds is 8. The minimum Gasteiger partial charge on any atom is -0.474 e. The van der Waals surface area contributed by atoms with Crippen LogP contribution in [0.2, 0.25) is 0 Å². The van der Waals surface area contributed by atoms with E-state index in [4.69, 9.17) is 9.26 Å². The van der Waals surface area contributed by atoms with Gasteiger partial charge in [-0.15, -0.1) is 0 Å². The summed E-state index contributed by atoms with van der Waals surface area (Å²) in [5, 5.41) is 12.9. The summed E-state index contributed by atoms with van der Waals surface area (Å²) in [4.78, 5) is 14.0. The lowest BCUT2D eigenvalue weighted by Gasteiger charge is -2.47. The van der Waals surface area contributed by atoms with Crippen molar-refractivity contribution in [2.45, 2.75) is 118 Å². The Bertz CT molecular complexity index is 829. The van der Waals surface area contributed by atoms with Crippen LogP contribution in [-0.4, -0.2) is 36.8 Å². The molecule has 1 saturated heterocycles. The van der Waals surface area contributed by atoms with E-state index in [1.807, 2.05) is 59.1 Å². The molecule has 1 amide bonds. The Morgan fingerprint density at radius 3 is 2.08 bits per heavy atom. The number of aromatic nitrogens is 1. The van der Waals surface area contributed by atoms with Crippen LogP contribution in [0.5, 0.6) is 5.88 Å². The molecule has 0 radical (unpaired) electrons. The Morgan fingerprint density at radius 1 is 1.02 bits per heavy atom. The normalized spacial score (nSPS) is 26.1. The molecule has 3 aliphatic rings. The van der Waals surface area contributed by atoms with Gasteiger partial charge in [0, 0.05) is 6.04 Å². The average Bonchev–Trinajstić information content (AvgIpc) is 3.38. The first-order valence-corrected chi connectivity index (χ1v) is 16.9. The van der Waals surface area contributed by atoms with E-state index in [0.717, 1.165) is 44.2 Å². The molecule has 0 aromatic carbocycles. The first kappa shape index (κ1) is 36.3. The Kier molecular flexibility index (Phi) is 19.1. The fraction of sp³-hybridized carbons (Fsp3) is 0.758. The molecule has 2 bridgehead atoms. The lowest BCUT2D eigenvalue weighted by molar-refractivity contribution is 0.0512. The summed E-state index contributed by atoms with van der Waals surface area (Å²) < 4.78 is 11.6. The summed E-state index contributed by atoms with van der Waals surface area (Å²) in [6, 6.07) is 0.239. The zero-order valence-corrected chi connectivity index (χ0v) is 27.7. The molecule has 1 aromatic rings. The lowest BCUT2D eigenvalue weighted by Crippen LogP contribution is -2.52. The van der Waals surface area contributed by atoms with E-state index in [1.165, 1.54) is 37.4 Å². The van der Waals surface area contributed by atoms with E-state index >= 15 is 0 Å². The molecular formula is C33H59N3O3S. The van der Waals surface area contributed by atoms with Gasteiger partial charge in [-0.05, 0) is 112 Å². The zero-order chi connectivity index (χ0) is 29.9. The third-order valence-corrected chi connectivity index (χ3v) is 8.65. The van der Waals surface area contributed by atoms with Crippen LogP contribution in [0.4, 0.5) is 0 Å². The van der Waals surface area contributed by atoms with Gasteiger partial charge in [-0.25, -0.2) is 0 Å². The molecule has 40 heavy (non-hydrogen) atoms. The van der Waals surface area contributed by atoms with Gasteiger partial charge in [-0.2, -0.15) is 0 Å². The van der Waals surface area contributed by atoms with Crippen molar-refractivity contribution in [2.24, 2.45) is 29.6 Å². The van der Waals surface area contributed by atoms with E-state index in [9.17, 15) is 4.79 Å². The SMILES string of the molecule is C/C=C\C.CC.CC.CC/C=C/Sc1c(OCC2CCNCC2)noc1C(=O)NC1C2CC(C)CC1CC(C)C2. The molecule has 2 saturated carbocycles. The number of ether oxygens (including phenoxy) is 1. The zero-order valence-electron chi connectivity index (χ0n) is 26.9. The number of nitrogens with zero attached hydrogens (tertiary/aromatic N) is 1. The molecule has 1 aliphatic heterocycles. The van der Waals surface area contributed by atoms with Crippen LogP contribution in [0.1, 0.15) is 118 Å². The molecule has 7 heteroatoms. The van der Waals surface area contributed by atoms with Crippen molar-refractivity contribution in [3.63, 3.8) is 0 Å². The van der Waals surface area contributed by atoms with Gasteiger partial charge in [0.15, 0.2) is 0 Å². The molecule has 2 N–H and O–H groups in total. The molecule has 0 spiro atoms. The van der Waals surface area contributed by atoms with E-state index in [1.54, 1.807) is 0 Å². The van der Waals surface area contributed by atoms with Crippen LogP contribution in [0.25, 0.3) is 0 Å². The van der Waals surface area contributed by atoms with Gasteiger partial charge in [0.25, 0.3) is 11.8 Å². The minimum atomic E-state index is -0.147. The van der Waals surface area contributed by atoms with E-state index < -0.39 is 0 Å². The van der Waals surface area contributed by atoms with Crippen molar-refractivity contribution in [1.29, 1.82) is 0 Å². The van der Waals surface area contributed by atoms with Gasteiger partial charge >= 0.3 is 0 Å². The maximum Gasteiger partial charge on any atom is 0.291 e. The molecular weight excluding hydrogens is 518 g/mol. The Hall–Kier alpha value is -1.73. The maximum absolute atomic E-state index is 13.3. The Labute approximate surface area is 249 Å². The van der Waals surface area contributed by atoms with Gasteiger partial charge in [0.2, 0.25) is 5.76 Å². The topological polar surface area (TPSA) is 76.4 Å². The second-order valence-corrected chi connectivity index (χ2v) is 11.8. The second-order valence-electron chi connectivity index (χ2n) is 10.9. The summed E-state index contributed by atoms with van der Waals surface area (Å²) in [6.07, 6.45) is 14.0. The van der Waals surface area contributed by atoms with E-state index in [2.05, 4.69) is 42.6 Å². The first-order chi connectivity index (χ1) is 19.5. The smallest absolute Gasteiger partial charge is 0.291 e. The van der Waals surface area contributed by atoms with Gasteiger partial charge in [-0.3, -0.25) is 4.79 Å². The lowest BCUT2D eigenvalue weighted by atomic mass is 9.62. The van der Waals surface area contributed by atoms with E-state index in [0.29, 0.717) is 40.9 Å². The number of hydrogen-bond acceptors (Lipinski definition) is 6. The van der Waals surface area contributed by atoms with Crippen LogP contribution in [0.3, 0.4) is 0 Å². The highest BCUT2D eigenvalue weighted by atomic mass is 32.2. The highest BCUT2D eigenvalue weighted by molar-refractivity contribution is 8.02. The van der Waals surface area contributed by atoms with Gasteiger partial charge in [0.1, 0.15) is 4.90 Å². The third-order valence-electron chi connectivity index (χ3n) is 7.73. The van der Waals surface area contributed by atoms with Crippen LogP contribution in [0, 0.1) is 29.6 Å². The largest absolute Gasteiger partial charge is 0.474 e. The fourth-order valence-electron chi connectivity index (χ4n) is 5.94. The van der Waals surface area contributed by atoms with Crippen LogP contribution in [-0.2, 0) is 0 Å². The van der Waals surface area contributed by atoms with Gasteiger partial charge < -0.3 is 19.9 Å². The third kappa shape index (κ3) is 11.6. The predicted molar refractivity (Wildman–Crippen MR) is 171 cm³/mol. The number of nitrogens with one attached hydrogen (secondary N) is 2. The van der Waals surface area contributed by atoms with Crippen LogP contribution >= 0.6 is 11.8 Å². The summed E-state index contributed by atoms with van der Waals surface area (Å²) in [6.45, 7) is 21.5. The number of hydrogen-bond donors (Lipinski definition) is 2. The highest BCUT2D eigenvalue weighted by Gasteiger charge is 2.42. The summed E-state index contributed by atoms with van der Waals surface area (Å²) in [7, 11) is 0. The molecule has 6 nitrogen and oxygen atoms in total. The van der Waals surface area contributed by atoms with Crippen molar-refractivity contribution in [1.82, 2.24) is 15.8 Å². The van der Waals surface area contributed by atoms with Crippen molar-refractivity contribution < 1.29 is 14.1 Å². The van der Waals surface area contributed by atoms with Crippen LogP contribution < -0.4 is 15.4 Å². The minimum absolute atomic E-state index is 0.147. The Balaban J connectivity index is 0.000000902. The van der Waals surface area contributed by atoms with E-state index in [-0.39, 0.29) is 11.9 Å². The molecule has 0 unspecified atom stereocenters. The number of allylic oxidation sites excluding steroid dienone is 3. The first-order valence-electron chi connectivity index (χ1n) is 16.0. The quantitative estimate of drug-likeness (QED) is 0.237. The Morgan fingerprint density at radius 2 is 1.57 bits per heavy atom. The standard InChI is InChI=1S/C25H39N3O3S.C4H8.2C2H6/c1-4-5-10-32-23-22(31-28-25(23)30-15-18-6-8-26-9-7-18)24(29)27-21-19-11-16(2)12-20(21)14-17(3)13-19;1-3-4-2;2*1-2/h5,10,16-21,26H,4,6-9,11-15H2,1-3H3,(H,27,29);3-4H,1-2H3;2*1-2H3/b10-5+;4-3-;;. The summed E-state index contributed by atoms with van der Waals surface area (Å²) >= 11 is 1.47. The highest BCUT2D eigenvalue weighted by Crippen LogP contribution is 2.45. The van der Waals surface area contributed by atoms with Gasteiger partial charge in [0.05, 0.1) is 6.61 Å². The number of carbonyl (C=O) groups excluding carboxylic acids is 1. The molecule has 2 aliphatic carbocycles. The van der Waals surface area contributed by atoms with Crippen LogP contribution in [0.15, 0.2) is 33.1 Å². The molecule has 3 fully saturated rings. The van der Waals surface area contributed by atoms with Gasteiger partial charge in [-0.1, -0.05) is 78.5 Å². The van der Waals surface area contributed by atoms with Crippen molar-refractivity contribution >= 4 is 17.7 Å². The van der Waals surface area contributed by atoms with Crippen molar-refractivity contribution in [3.8, 4) is 5.88 Å². The molecule has 0 atom stereocenters.